The van der Waals surface area contributed by atoms with Crippen LogP contribution in [0.4, 0.5) is 0 Å². The first-order valence-electron chi connectivity index (χ1n) is 7.60. The Labute approximate surface area is 124 Å². The van der Waals surface area contributed by atoms with Crippen molar-refractivity contribution in [3.8, 4) is 0 Å². The molecular weight excluding hydrogens is 272 g/mol. The number of hydrogen-bond acceptors (Lipinski definition) is 4. The van der Waals surface area contributed by atoms with Crippen LogP contribution in [0.5, 0.6) is 0 Å². The van der Waals surface area contributed by atoms with Crippen LogP contribution in [0.25, 0.3) is 5.53 Å². The van der Waals surface area contributed by atoms with Gasteiger partial charge in [0.05, 0.1) is 25.7 Å². The lowest BCUT2D eigenvalue weighted by Crippen LogP contribution is -2.51. The standard InChI is InChI=1S/C15H22N2O4/c1-15(2)20-12-8-4-5-10(13(12)21-15)9(6-8)7-11(17-16)14(18)19-3/h8-10,12-13H,4-7H2,1-3H3. The number of carbonyl (C=O) groups is 1. The van der Waals surface area contributed by atoms with E-state index in [0.29, 0.717) is 18.3 Å². The van der Waals surface area contributed by atoms with Gasteiger partial charge in [-0.15, -0.1) is 0 Å². The fraction of sp³-hybridized carbons (Fsp3) is 0.867. The van der Waals surface area contributed by atoms with Crippen molar-refractivity contribution in [3.63, 3.8) is 0 Å². The number of carbonyl (C=O) groups excluding carboxylic acids is 1. The third-order valence-corrected chi connectivity index (χ3v) is 5.13. The molecule has 0 N–H and O–H groups in total. The monoisotopic (exact) mass is 294 g/mol. The molecule has 1 heterocycles. The van der Waals surface area contributed by atoms with Crippen molar-refractivity contribution < 1.29 is 23.8 Å². The summed E-state index contributed by atoms with van der Waals surface area (Å²) in [6, 6.07) is 0. The Morgan fingerprint density at radius 2 is 2.05 bits per heavy atom. The van der Waals surface area contributed by atoms with Crippen LogP contribution in [-0.4, -0.2) is 41.6 Å². The highest BCUT2D eigenvalue weighted by Gasteiger charge is 2.57. The molecule has 21 heavy (non-hydrogen) atoms. The van der Waals surface area contributed by atoms with Crippen LogP contribution in [0.2, 0.25) is 0 Å². The number of nitrogens with zero attached hydrogens (tertiary/aromatic N) is 2. The Hall–Kier alpha value is -1.23. The van der Waals surface area contributed by atoms with Gasteiger partial charge in [0.25, 0.3) is 0 Å². The van der Waals surface area contributed by atoms with Crippen LogP contribution in [0, 0.1) is 17.8 Å². The summed E-state index contributed by atoms with van der Waals surface area (Å²) in [6.07, 6.45) is 3.91. The predicted octanol–water partition coefficient (Wildman–Crippen LogP) is 1.79. The van der Waals surface area contributed by atoms with Crippen molar-refractivity contribution in [2.75, 3.05) is 7.11 Å². The van der Waals surface area contributed by atoms with Gasteiger partial charge in [0.15, 0.2) is 5.79 Å². The molecule has 116 valence electrons. The third-order valence-electron chi connectivity index (χ3n) is 5.13. The van der Waals surface area contributed by atoms with Gasteiger partial charge in [0.1, 0.15) is 0 Å². The molecular formula is C15H22N2O4. The number of esters is 1. The third kappa shape index (κ3) is 2.52. The first-order chi connectivity index (χ1) is 9.95. The number of ether oxygens (including phenoxy) is 3. The van der Waals surface area contributed by atoms with E-state index < -0.39 is 11.8 Å². The van der Waals surface area contributed by atoms with E-state index in [-0.39, 0.29) is 23.8 Å². The molecule has 5 unspecified atom stereocenters. The minimum atomic E-state index is -0.556. The number of rotatable bonds is 3. The second kappa shape index (κ2) is 5.20. The molecule has 3 saturated carbocycles. The fourth-order valence-corrected chi connectivity index (χ4v) is 4.33. The summed E-state index contributed by atoms with van der Waals surface area (Å²) < 4.78 is 16.8. The van der Waals surface area contributed by atoms with Gasteiger partial charge in [-0.3, -0.25) is 0 Å². The molecule has 1 saturated heterocycles. The van der Waals surface area contributed by atoms with Crippen LogP contribution in [0.15, 0.2) is 0 Å². The lowest BCUT2D eigenvalue weighted by Gasteiger charge is -2.47. The molecule has 0 amide bonds. The zero-order chi connectivity index (χ0) is 15.2. The Morgan fingerprint density at radius 3 is 2.71 bits per heavy atom. The minimum absolute atomic E-state index is 0.0927. The van der Waals surface area contributed by atoms with E-state index in [1.165, 1.54) is 7.11 Å². The van der Waals surface area contributed by atoms with Crippen molar-refractivity contribution >= 4 is 11.7 Å². The quantitative estimate of drug-likeness (QED) is 0.344. The van der Waals surface area contributed by atoms with E-state index in [2.05, 4.69) is 9.53 Å². The molecule has 4 rings (SSSR count). The molecule has 6 nitrogen and oxygen atoms in total. The van der Waals surface area contributed by atoms with Gasteiger partial charge in [-0.2, -0.15) is 4.79 Å². The molecule has 3 aliphatic carbocycles. The van der Waals surface area contributed by atoms with Crippen LogP contribution < -0.4 is 0 Å². The first-order valence-corrected chi connectivity index (χ1v) is 7.60. The van der Waals surface area contributed by atoms with Gasteiger partial charge < -0.3 is 19.7 Å². The van der Waals surface area contributed by atoms with Crippen LogP contribution in [-0.2, 0) is 19.0 Å². The number of hydrogen-bond donors (Lipinski definition) is 0. The van der Waals surface area contributed by atoms with Gasteiger partial charge in [0.2, 0.25) is 0 Å². The lowest BCUT2D eigenvalue weighted by atomic mass is 9.60. The van der Waals surface area contributed by atoms with E-state index >= 15 is 0 Å². The van der Waals surface area contributed by atoms with Crippen molar-refractivity contribution in [1.82, 2.24) is 0 Å². The fourth-order valence-electron chi connectivity index (χ4n) is 4.33. The van der Waals surface area contributed by atoms with Crippen molar-refractivity contribution in [2.45, 2.75) is 57.5 Å². The van der Waals surface area contributed by atoms with Gasteiger partial charge in [-0.05, 0) is 50.9 Å². The lowest BCUT2D eigenvalue weighted by molar-refractivity contribution is -0.149. The normalized spacial score (nSPS) is 39.5. The maximum atomic E-state index is 11.6. The predicted molar refractivity (Wildman–Crippen MR) is 73.4 cm³/mol. The highest BCUT2D eigenvalue weighted by molar-refractivity contribution is 6.33. The van der Waals surface area contributed by atoms with Crippen molar-refractivity contribution in [2.24, 2.45) is 17.8 Å². The smallest absolute Gasteiger partial charge is 0.416 e. The largest absolute Gasteiger partial charge is 0.460 e. The number of methoxy groups -OCH3 is 1. The molecule has 4 aliphatic rings. The van der Waals surface area contributed by atoms with Gasteiger partial charge >= 0.3 is 11.7 Å². The molecule has 6 heteroatoms. The maximum absolute atomic E-state index is 11.6. The molecule has 0 aromatic carbocycles. The van der Waals surface area contributed by atoms with Gasteiger partial charge in [-0.1, -0.05) is 0 Å². The summed E-state index contributed by atoms with van der Waals surface area (Å²) in [5, 5.41) is 0. The highest BCUT2D eigenvalue weighted by atomic mass is 16.8. The maximum Gasteiger partial charge on any atom is 0.416 e. The van der Waals surface area contributed by atoms with Crippen LogP contribution >= 0.6 is 0 Å². The zero-order valence-corrected chi connectivity index (χ0v) is 12.7. The molecule has 4 fully saturated rings. The summed E-state index contributed by atoms with van der Waals surface area (Å²) in [6.45, 7) is 3.91. The first kappa shape index (κ1) is 14.7. The van der Waals surface area contributed by atoms with Crippen LogP contribution in [0.1, 0.15) is 39.5 Å². The molecule has 0 radical (unpaired) electrons. The Morgan fingerprint density at radius 1 is 1.33 bits per heavy atom. The highest BCUT2D eigenvalue weighted by Crippen LogP contribution is 2.53. The molecule has 0 spiro atoms. The van der Waals surface area contributed by atoms with E-state index in [1.807, 2.05) is 13.8 Å². The summed E-state index contributed by atoms with van der Waals surface area (Å²) in [7, 11) is 1.30. The molecule has 0 aromatic heterocycles. The van der Waals surface area contributed by atoms with E-state index in [9.17, 15) is 4.79 Å². The Bertz CT molecular complexity index is 498. The summed E-state index contributed by atoms with van der Waals surface area (Å²) in [5.41, 5.74) is 9.13. The Kier molecular flexibility index (Phi) is 3.64. The zero-order valence-electron chi connectivity index (χ0n) is 12.7. The van der Waals surface area contributed by atoms with Crippen molar-refractivity contribution in [1.29, 1.82) is 0 Å². The summed E-state index contributed by atoms with van der Waals surface area (Å²) >= 11 is 0. The SMILES string of the molecule is COC(=O)C(CC1CC2CCC1C1OC(C)(C)OC21)=[N+]=[N-]. The topological polar surface area (TPSA) is 81.2 Å². The Balaban J connectivity index is 1.76. The van der Waals surface area contributed by atoms with Crippen LogP contribution in [0.3, 0.4) is 0 Å². The van der Waals surface area contributed by atoms with E-state index in [0.717, 1.165) is 19.3 Å². The van der Waals surface area contributed by atoms with E-state index in [4.69, 9.17) is 15.0 Å². The van der Waals surface area contributed by atoms with Gasteiger partial charge in [0, 0.05) is 0 Å². The summed E-state index contributed by atoms with van der Waals surface area (Å²) in [4.78, 5) is 14.7. The second-order valence-electron chi connectivity index (χ2n) is 6.80. The van der Waals surface area contributed by atoms with E-state index in [1.54, 1.807) is 0 Å². The average Bonchev–Trinajstić information content (AvgIpc) is 2.81. The van der Waals surface area contributed by atoms with Crippen molar-refractivity contribution in [3.05, 3.63) is 5.53 Å². The molecule has 1 aliphatic heterocycles. The minimum Gasteiger partial charge on any atom is -0.460 e. The average molecular weight is 294 g/mol. The molecule has 5 atom stereocenters. The second-order valence-corrected chi connectivity index (χ2v) is 6.80. The molecule has 0 aromatic rings. The molecule has 2 bridgehead atoms. The van der Waals surface area contributed by atoms with Gasteiger partial charge in [-0.25, -0.2) is 4.79 Å². The summed E-state index contributed by atoms with van der Waals surface area (Å²) in [5.74, 6) is 0.0147. The number of fused-ring (bicyclic) bond motifs is 2.